The summed E-state index contributed by atoms with van der Waals surface area (Å²) in [5, 5.41) is 159. The zero-order valence-corrected chi connectivity index (χ0v) is 48.5. The highest BCUT2D eigenvalue weighted by molar-refractivity contribution is 7.80. The monoisotopic (exact) mass is 1230 g/mol. The van der Waals surface area contributed by atoms with Gasteiger partial charge in [-0.15, -0.1) is 0 Å². The van der Waals surface area contributed by atoms with Crippen molar-refractivity contribution < 1.29 is 125 Å². The molecule has 0 aromatic heterocycles. The first-order chi connectivity index (χ1) is 37.2. The Labute approximate surface area is 482 Å². The molecule has 5 aliphatic heterocycles. The van der Waals surface area contributed by atoms with Crippen LogP contribution in [0.25, 0.3) is 0 Å². The fourth-order valence-corrected chi connectivity index (χ4v) is 9.31. The highest BCUT2D eigenvalue weighted by Gasteiger charge is 2.47. The molecule has 79 heavy (non-hydrogen) atoms. The summed E-state index contributed by atoms with van der Waals surface area (Å²) in [6.45, 7) is 8.02. The summed E-state index contributed by atoms with van der Waals surface area (Å²) in [5.74, 6) is 0.558. The predicted molar refractivity (Wildman–Crippen MR) is 292 cm³/mol. The molecule has 3 amide bonds. The lowest BCUT2D eigenvalue weighted by Gasteiger charge is -2.41. The van der Waals surface area contributed by atoms with E-state index in [-0.39, 0.29) is 56.0 Å². The van der Waals surface area contributed by atoms with E-state index in [1.54, 1.807) is 20.8 Å². The van der Waals surface area contributed by atoms with Crippen molar-refractivity contribution in [3.63, 3.8) is 0 Å². The Morgan fingerprint density at radius 3 is 1.16 bits per heavy atom. The minimum absolute atomic E-state index is 0.235. The molecular formula is C47H91N3O25S4. The molecule has 0 spiro atoms. The number of carbonyl (C=O) groups is 3. The minimum atomic E-state index is -1.45. The maximum Gasteiger partial charge on any atom is 0.221 e. The van der Waals surface area contributed by atoms with Crippen LogP contribution in [-0.4, -0.2) is 302 Å². The number of amides is 3. The third-order valence-corrected chi connectivity index (χ3v) is 14.3. The standard InChI is InChI=1S/C10H19NO6.2C10H19NO5S.C10H20O5S.C7H14O4S/c1-2-3-6(13)11-7-9(15)8(14)5(4-12)17-10(7)16;2*1-5-8(11-7(13)2-3-17)10(15)9(14)6(4-12)16-5;1-2-3-4-14-10-9(13)8(12)7(11)6(5-16)15-10;1-3-5(8)7(10)6(9)4(2-12)11-3/h5,7-10,12,14-16H,2-4H2,1H3,(H,11,13);2*5-6,8-10,12,14-15,17H,2-4H2,1H3,(H,11,13);6-13,16H,2-5H2,1H3;3-10,12H,2H2,1H3/t5?,7?,8-,9-,10?;5?,6?,8?,9-,10+;5?,6?,8?,9-,10-;6?,7-,8-,9?,10-;3-,4?,5?,6+,7-/m10101/s1. The second-order valence-corrected chi connectivity index (χ2v) is 20.9. The molecule has 0 bridgehead atoms. The molecule has 19 N–H and O–H groups in total. The fraction of sp³-hybridized carbons (Fsp3) is 0.936. The lowest BCUT2D eigenvalue weighted by molar-refractivity contribution is -0.292. The number of hydrogen-bond acceptors (Lipinski definition) is 29. The lowest BCUT2D eigenvalue weighted by Crippen LogP contribution is -2.64. The summed E-state index contributed by atoms with van der Waals surface area (Å²) >= 11 is 15.8. The third-order valence-electron chi connectivity index (χ3n) is 13.1. The first kappa shape index (κ1) is 75.9. The summed E-state index contributed by atoms with van der Waals surface area (Å²) in [7, 11) is 0. The van der Waals surface area contributed by atoms with Crippen molar-refractivity contribution >= 4 is 68.2 Å². The average Bonchev–Trinajstić information content (AvgIpc) is 3.42. The Hall–Kier alpha value is -1.07. The van der Waals surface area contributed by atoms with E-state index < -0.39 is 159 Å². The van der Waals surface area contributed by atoms with Crippen molar-refractivity contribution in [2.45, 2.75) is 226 Å². The van der Waals surface area contributed by atoms with E-state index in [9.17, 15) is 80.8 Å². The van der Waals surface area contributed by atoms with Gasteiger partial charge >= 0.3 is 0 Å². The Morgan fingerprint density at radius 1 is 0.418 bits per heavy atom. The predicted octanol–water partition coefficient (Wildman–Crippen LogP) is -7.39. The molecule has 0 aromatic carbocycles. The van der Waals surface area contributed by atoms with Gasteiger partial charge in [0.05, 0.1) is 62.4 Å². The smallest absolute Gasteiger partial charge is 0.221 e. The van der Waals surface area contributed by atoms with Crippen molar-refractivity contribution in [3.05, 3.63) is 0 Å². The molecule has 5 saturated heterocycles. The van der Waals surface area contributed by atoms with E-state index in [1.807, 2.05) is 13.8 Å². The number of ether oxygens (including phenoxy) is 6. The first-order valence-electron chi connectivity index (χ1n) is 26.1. The van der Waals surface area contributed by atoms with Gasteiger partial charge in [-0.05, 0) is 45.1 Å². The van der Waals surface area contributed by atoms with Crippen LogP contribution in [0.1, 0.15) is 73.1 Å². The van der Waals surface area contributed by atoms with E-state index in [2.05, 4.69) is 66.5 Å². The van der Waals surface area contributed by atoms with Crippen molar-refractivity contribution in [2.24, 2.45) is 0 Å². The van der Waals surface area contributed by atoms with Crippen molar-refractivity contribution in [1.82, 2.24) is 16.0 Å². The number of hydrogen-bond donors (Lipinski definition) is 23. The van der Waals surface area contributed by atoms with Gasteiger partial charge < -0.3 is 126 Å². The van der Waals surface area contributed by atoms with Gasteiger partial charge in [0.2, 0.25) is 17.7 Å². The van der Waals surface area contributed by atoms with E-state index in [0.29, 0.717) is 30.3 Å². The Balaban J connectivity index is 0.000000496. The van der Waals surface area contributed by atoms with Gasteiger partial charge in [-0.3, -0.25) is 14.4 Å². The average molecular weight is 1230 g/mol. The number of thiol groups is 4. The highest BCUT2D eigenvalue weighted by atomic mass is 32.1. The number of aliphatic hydroxyl groups excluding tert-OH is 16. The van der Waals surface area contributed by atoms with Crippen LogP contribution in [0, 0.1) is 0 Å². The zero-order valence-electron chi connectivity index (χ0n) is 45.0. The van der Waals surface area contributed by atoms with Gasteiger partial charge in [0, 0.05) is 37.4 Å². The van der Waals surface area contributed by atoms with Crippen LogP contribution >= 0.6 is 50.5 Å². The van der Waals surface area contributed by atoms with Crippen molar-refractivity contribution in [3.8, 4) is 0 Å². The number of aliphatic hydroxyl groups is 16. The Bertz CT molecular complexity index is 1560. The number of carbonyl (C=O) groups excluding carboxylic acids is 3. The summed E-state index contributed by atoms with van der Waals surface area (Å²) < 4.78 is 31.3. The molecule has 0 aromatic rings. The molecule has 0 saturated carbocycles. The van der Waals surface area contributed by atoms with Crippen LogP contribution < -0.4 is 16.0 Å². The van der Waals surface area contributed by atoms with E-state index in [4.69, 9.17) is 43.7 Å². The summed E-state index contributed by atoms with van der Waals surface area (Å²) in [6, 6.07) is -2.45. The number of rotatable bonds is 18. The largest absolute Gasteiger partial charge is 0.394 e. The van der Waals surface area contributed by atoms with Gasteiger partial charge in [0.25, 0.3) is 0 Å². The quantitative estimate of drug-likeness (QED) is 0.0448. The number of unbranched alkanes of at least 4 members (excludes halogenated alkanes) is 1. The molecule has 5 aliphatic rings. The van der Waals surface area contributed by atoms with Crippen molar-refractivity contribution in [1.29, 1.82) is 0 Å². The highest BCUT2D eigenvalue weighted by Crippen LogP contribution is 2.26. The Morgan fingerprint density at radius 2 is 0.772 bits per heavy atom. The van der Waals surface area contributed by atoms with Crippen LogP contribution in [-0.2, 0) is 42.8 Å². The van der Waals surface area contributed by atoms with Crippen LogP contribution in [0.15, 0.2) is 0 Å². The SMILES string of the molecule is CC1OC(CO)[C@@H](O)[C@H](O)C1NC(=O)CCS.CC1OC(CO)[C@H](O)[C@H](O)C1NC(=O)CCS.CCCC(=O)NC1C(O)OC(CO)[C@@H](O)[C@@H]1O.CCCCO[C@H]1OC(CS)[C@H](O)[C@H](O)C1O.C[C@H]1OC(CS)[C@H](O)[C@H](O)C1O. The topological polar surface area (TPSA) is 466 Å². The molecule has 468 valence electrons. The molecule has 25 atom stereocenters. The van der Waals surface area contributed by atoms with Crippen LogP contribution in [0.2, 0.25) is 0 Å². The maximum atomic E-state index is 11.4. The normalized spacial score (nSPS) is 40.0. The molecule has 28 nitrogen and oxygen atoms in total. The van der Waals surface area contributed by atoms with Gasteiger partial charge in [-0.2, -0.15) is 50.5 Å². The van der Waals surface area contributed by atoms with E-state index >= 15 is 0 Å². The van der Waals surface area contributed by atoms with Gasteiger partial charge in [0.1, 0.15) is 97.6 Å². The van der Waals surface area contributed by atoms with E-state index in [0.717, 1.165) is 12.8 Å². The molecule has 13 unspecified atom stereocenters. The molecule has 5 heterocycles. The number of nitrogens with one attached hydrogen (secondary N) is 3. The molecule has 0 aliphatic carbocycles. The zero-order chi connectivity index (χ0) is 60.4. The summed E-state index contributed by atoms with van der Waals surface area (Å²) in [5.41, 5.74) is 0. The lowest BCUT2D eigenvalue weighted by atomic mass is 9.93. The van der Waals surface area contributed by atoms with Crippen molar-refractivity contribution in [2.75, 3.05) is 49.4 Å². The fourth-order valence-electron chi connectivity index (χ4n) is 8.30. The van der Waals surface area contributed by atoms with Crippen LogP contribution in [0.5, 0.6) is 0 Å². The van der Waals surface area contributed by atoms with Gasteiger partial charge in [0.15, 0.2) is 12.6 Å². The molecule has 32 heteroatoms. The molecule has 5 rings (SSSR count). The van der Waals surface area contributed by atoms with Gasteiger partial charge in [-0.1, -0.05) is 20.3 Å². The summed E-state index contributed by atoms with van der Waals surface area (Å²) in [4.78, 5) is 34.1. The summed E-state index contributed by atoms with van der Waals surface area (Å²) in [6.07, 6.45) is -18.6. The molecule has 0 radical (unpaired) electrons. The van der Waals surface area contributed by atoms with Crippen LogP contribution in [0.4, 0.5) is 0 Å². The van der Waals surface area contributed by atoms with E-state index in [1.165, 1.54) is 0 Å². The molecular weight excluding hydrogens is 1130 g/mol. The Kier molecular flexibility index (Phi) is 38.0. The third kappa shape index (κ3) is 23.7. The minimum Gasteiger partial charge on any atom is -0.394 e. The molecule has 5 fully saturated rings. The van der Waals surface area contributed by atoms with Gasteiger partial charge in [-0.25, -0.2) is 0 Å². The second-order valence-electron chi connectivity index (χ2n) is 19.2. The maximum absolute atomic E-state index is 11.4. The van der Waals surface area contributed by atoms with Crippen LogP contribution in [0.3, 0.4) is 0 Å². The second kappa shape index (κ2) is 39.5. The first-order valence-corrected chi connectivity index (χ1v) is 28.6.